The van der Waals surface area contributed by atoms with Crippen molar-refractivity contribution in [1.29, 1.82) is 0 Å². The summed E-state index contributed by atoms with van der Waals surface area (Å²) in [5.74, 6) is -0.318. The monoisotopic (exact) mass is 233 g/mol. The van der Waals surface area contributed by atoms with Crippen molar-refractivity contribution < 1.29 is 9.53 Å². The Bertz CT molecular complexity index is 521. The van der Waals surface area contributed by atoms with Gasteiger partial charge in [-0.05, 0) is 44.0 Å². The molecule has 0 N–H and O–H groups in total. The van der Waals surface area contributed by atoms with Crippen molar-refractivity contribution in [2.45, 2.75) is 27.3 Å². The van der Waals surface area contributed by atoms with Gasteiger partial charge in [-0.2, -0.15) is 15.0 Å². The molecule has 1 aromatic carbocycles. The number of nitrogens with zero attached hydrogens (tertiary/aromatic N) is 3. The Kier molecular flexibility index (Phi) is 3.08. The van der Waals surface area contributed by atoms with Crippen LogP contribution in [0.5, 0.6) is 0 Å². The van der Waals surface area contributed by atoms with Gasteiger partial charge in [-0.1, -0.05) is 0 Å². The minimum Gasteiger partial charge on any atom is -0.465 e. The van der Waals surface area contributed by atoms with E-state index in [0.29, 0.717) is 6.61 Å². The van der Waals surface area contributed by atoms with Gasteiger partial charge in [0.05, 0.1) is 6.61 Å². The summed E-state index contributed by atoms with van der Waals surface area (Å²) in [6, 6.07) is 3.94. The van der Waals surface area contributed by atoms with Crippen LogP contribution in [0.25, 0.3) is 11.0 Å². The molecular weight excluding hydrogens is 218 g/mol. The quantitative estimate of drug-likeness (QED) is 0.756. The molecule has 2 aromatic rings. The van der Waals surface area contributed by atoms with E-state index < -0.39 is 0 Å². The van der Waals surface area contributed by atoms with Gasteiger partial charge in [0, 0.05) is 0 Å². The smallest absolute Gasteiger partial charge is 0.329 e. The summed E-state index contributed by atoms with van der Waals surface area (Å²) in [5.41, 5.74) is 3.94. The fraction of sp³-hybridized carbons (Fsp3) is 0.417. The molecule has 0 aliphatic carbocycles. The van der Waals surface area contributed by atoms with Crippen LogP contribution in [0.4, 0.5) is 0 Å². The zero-order valence-corrected chi connectivity index (χ0v) is 10.2. The van der Waals surface area contributed by atoms with E-state index in [1.54, 1.807) is 6.92 Å². The van der Waals surface area contributed by atoms with Gasteiger partial charge in [0.25, 0.3) is 0 Å². The summed E-state index contributed by atoms with van der Waals surface area (Å²) in [6.45, 7) is 6.26. The Morgan fingerprint density at radius 3 is 2.24 bits per heavy atom. The molecule has 0 spiro atoms. The van der Waals surface area contributed by atoms with Gasteiger partial charge in [-0.3, -0.25) is 0 Å². The molecule has 0 amide bonds. The zero-order valence-electron chi connectivity index (χ0n) is 10.2. The molecule has 2 rings (SSSR count). The van der Waals surface area contributed by atoms with Gasteiger partial charge in [0.1, 0.15) is 11.0 Å². The van der Waals surface area contributed by atoms with Crippen LogP contribution in [-0.2, 0) is 16.1 Å². The molecule has 0 aliphatic heterocycles. The number of ether oxygens (including phenoxy) is 1. The van der Waals surface area contributed by atoms with Crippen LogP contribution in [-0.4, -0.2) is 27.6 Å². The van der Waals surface area contributed by atoms with Gasteiger partial charge in [0.15, 0.2) is 6.54 Å². The number of aryl methyl sites for hydroxylation is 2. The molecule has 0 fully saturated rings. The third-order valence-electron chi connectivity index (χ3n) is 2.61. The zero-order chi connectivity index (χ0) is 12.4. The number of hydrogen-bond donors (Lipinski definition) is 0. The van der Waals surface area contributed by atoms with E-state index in [-0.39, 0.29) is 12.5 Å². The number of carbonyl (C=O) groups is 1. The van der Waals surface area contributed by atoms with Crippen LogP contribution < -0.4 is 0 Å². The van der Waals surface area contributed by atoms with Crippen molar-refractivity contribution in [2.24, 2.45) is 0 Å². The Morgan fingerprint density at radius 2 is 1.76 bits per heavy atom. The second kappa shape index (κ2) is 4.53. The SMILES string of the molecule is CCOC(=O)Cn1nc2cc(C)c(C)cc2n1. The molecule has 0 aliphatic rings. The van der Waals surface area contributed by atoms with Gasteiger partial charge >= 0.3 is 5.97 Å². The Morgan fingerprint density at radius 1 is 1.24 bits per heavy atom. The predicted octanol–water partition coefficient (Wildman–Crippen LogP) is 1.61. The Balaban J connectivity index is 2.29. The van der Waals surface area contributed by atoms with E-state index >= 15 is 0 Å². The lowest BCUT2D eigenvalue weighted by molar-refractivity contribution is -0.144. The number of rotatable bonds is 3. The summed E-state index contributed by atoms with van der Waals surface area (Å²) in [4.78, 5) is 12.7. The topological polar surface area (TPSA) is 57.0 Å². The summed E-state index contributed by atoms with van der Waals surface area (Å²) >= 11 is 0. The molecule has 1 heterocycles. The van der Waals surface area contributed by atoms with Gasteiger partial charge < -0.3 is 4.74 Å². The number of aromatic nitrogens is 3. The van der Waals surface area contributed by atoms with E-state index in [2.05, 4.69) is 10.2 Å². The normalized spacial score (nSPS) is 10.8. The Labute approximate surface area is 99.4 Å². The summed E-state index contributed by atoms with van der Waals surface area (Å²) in [7, 11) is 0. The van der Waals surface area contributed by atoms with Crippen LogP contribution in [0, 0.1) is 13.8 Å². The van der Waals surface area contributed by atoms with Crippen LogP contribution in [0.3, 0.4) is 0 Å². The lowest BCUT2D eigenvalue weighted by Gasteiger charge is -1.99. The van der Waals surface area contributed by atoms with Crippen LogP contribution in [0.1, 0.15) is 18.1 Å². The average Bonchev–Trinajstić information content (AvgIpc) is 2.60. The van der Waals surface area contributed by atoms with Crippen molar-refractivity contribution in [1.82, 2.24) is 15.0 Å². The first-order valence-electron chi connectivity index (χ1n) is 5.58. The molecule has 0 atom stereocenters. The minimum absolute atomic E-state index is 0.0562. The van der Waals surface area contributed by atoms with E-state index in [4.69, 9.17) is 4.74 Å². The molecule has 90 valence electrons. The highest BCUT2D eigenvalue weighted by Gasteiger charge is 2.08. The molecule has 1 aromatic heterocycles. The fourth-order valence-electron chi connectivity index (χ4n) is 1.61. The summed E-state index contributed by atoms with van der Waals surface area (Å²) in [6.07, 6.45) is 0. The third-order valence-corrected chi connectivity index (χ3v) is 2.61. The molecule has 0 radical (unpaired) electrons. The maximum absolute atomic E-state index is 11.3. The highest BCUT2D eigenvalue weighted by molar-refractivity contribution is 5.76. The van der Waals surface area contributed by atoms with Crippen molar-refractivity contribution in [3.05, 3.63) is 23.3 Å². The summed E-state index contributed by atoms with van der Waals surface area (Å²) < 4.78 is 4.85. The maximum atomic E-state index is 11.3. The molecule has 0 saturated carbocycles. The fourth-order valence-corrected chi connectivity index (χ4v) is 1.61. The maximum Gasteiger partial charge on any atom is 0.329 e. The van der Waals surface area contributed by atoms with Crippen molar-refractivity contribution in [2.75, 3.05) is 6.61 Å². The van der Waals surface area contributed by atoms with E-state index in [0.717, 1.165) is 11.0 Å². The van der Waals surface area contributed by atoms with E-state index in [1.165, 1.54) is 15.9 Å². The minimum atomic E-state index is -0.318. The van der Waals surface area contributed by atoms with Crippen LogP contribution >= 0.6 is 0 Å². The second-order valence-electron chi connectivity index (χ2n) is 3.96. The number of esters is 1. The van der Waals surface area contributed by atoms with Crippen molar-refractivity contribution in [3.8, 4) is 0 Å². The largest absolute Gasteiger partial charge is 0.465 e. The molecule has 0 unspecified atom stereocenters. The number of benzene rings is 1. The molecule has 0 saturated heterocycles. The standard InChI is InChI=1S/C12H15N3O2/c1-4-17-12(16)7-15-13-10-5-8(2)9(3)6-11(10)14-15/h5-6H,4,7H2,1-3H3. The van der Waals surface area contributed by atoms with Crippen molar-refractivity contribution in [3.63, 3.8) is 0 Å². The summed E-state index contributed by atoms with van der Waals surface area (Å²) in [5, 5.41) is 8.48. The second-order valence-corrected chi connectivity index (χ2v) is 3.96. The van der Waals surface area contributed by atoms with E-state index in [1.807, 2.05) is 26.0 Å². The molecular formula is C12H15N3O2. The van der Waals surface area contributed by atoms with Gasteiger partial charge in [-0.25, -0.2) is 4.79 Å². The lowest BCUT2D eigenvalue weighted by atomic mass is 10.1. The third kappa shape index (κ3) is 2.43. The van der Waals surface area contributed by atoms with Gasteiger partial charge in [0.2, 0.25) is 0 Å². The molecule has 5 heteroatoms. The first-order valence-corrected chi connectivity index (χ1v) is 5.58. The van der Waals surface area contributed by atoms with Gasteiger partial charge in [-0.15, -0.1) is 0 Å². The lowest BCUT2D eigenvalue weighted by Crippen LogP contribution is -2.15. The predicted molar refractivity (Wildman–Crippen MR) is 63.6 cm³/mol. The van der Waals surface area contributed by atoms with Crippen molar-refractivity contribution >= 4 is 17.0 Å². The molecule has 5 nitrogen and oxygen atoms in total. The van der Waals surface area contributed by atoms with Crippen LogP contribution in [0.15, 0.2) is 12.1 Å². The molecule has 17 heavy (non-hydrogen) atoms. The Hall–Kier alpha value is -1.91. The number of fused-ring (bicyclic) bond motifs is 1. The average molecular weight is 233 g/mol. The first kappa shape index (κ1) is 11.6. The number of carbonyl (C=O) groups excluding carboxylic acids is 1. The highest BCUT2D eigenvalue weighted by atomic mass is 16.5. The van der Waals surface area contributed by atoms with Crippen LogP contribution in [0.2, 0.25) is 0 Å². The number of hydrogen-bond acceptors (Lipinski definition) is 4. The van der Waals surface area contributed by atoms with E-state index in [9.17, 15) is 4.79 Å². The molecule has 0 bridgehead atoms. The highest BCUT2D eigenvalue weighted by Crippen LogP contribution is 2.15. The first-order chi connectivity index (χ1) is 8.10.